The smallest absolute Gasteiger partial charge is 0.259 e. The third-order valence-electron chi connectivity index (χ3n) is 4.47. The highest BCUT2D eigenvalue weighted by Crippen LogP contribution is 2.26. The van der Waals surface area contributed by atoms with Crippen molar-refractivity contribution in [3.63, 3.8) is 0 Å². The Labute approximate surface area is 131 Å². The number of nitrogens with one attached hydrogen (secondary N) is 1. The number of hydrogen-bond donors (Lipinski definition) is 1. The summed E-state index contributed by atoms with van der Waals surface area (Å²) < 4.78 is 1.80. The van der Waals surface area contributed by atoms with E-state index in [2.05, 4.69) is 18.8 Å². The molecule has 0 radical (unpaired) electrons. The van der Waals surface area contributed by atoms with Gasteiger partial charge in [0.05, 0.1) is 5.56 Å². The number of benzene rings is 1. The second kappa shape index (κ2) is 5.84. The molecule has 3 rings (SSSR count). The Morgan fingerprint density at radius 2 is 2.05 bits per heavy atom. The molecule has 0 aliphatic heterocycles. The third kappa shape index (κ3) is 2.71. The second-order valence-electron chi connectivity index (χ2n) is 6.21. The molecule has 22 heavy (non-hydrogen) atoms. The van der Waals surface area contributed by atoms with Gasteiger partial charge in [-0.25, -0.2) is 0 Å². The summed E-state index contributed by atoms with van der Waals surface area (Å²) in [4.78, 5) is 12.6. The van der Waals surface area contributed by atoms with Crippen molar-refractivity contribution in [1.29, 1.82) is 0 Å². The van der Waals surface area contributed by atoms with Gasteiger partial charge in [-0.05, 0) is 48.9 Å². The molecule has 1 heterocycles. The predicted molar refractivity (Wildman–Crippen MR) is 92.0 cm³/mol. The second-order valence-corrected chi connectivity index (χ2v) is 6.21. The number of hydrogen-bond acceptors (Lipinski definition) is 2. The van der Waals surface area contributed by atoms with Gasteiger partial charge in [-0.1, -0.05) is 31.7 Å². The van der Waals surface area contributed by atoms with Gasteiger partial charge in [-0.3, -0.25) is 4.79 Å². The van der Waals surface area contributed by atoms with Crippen molar-refractivity contribution in [3.05, 3.63) is 70.2 Å². The van der Waals surface area contributed by atoms with Crippen LogP contribution in [0.2, 0.25) is 0 Å². The normalized spacial score (nSPS) is 16.9. The number of pyridine rings is 1. The topological polar surface area (TPSA) is 34.0 Å². The summed E-state index contributed by atoms with van der Waals surface area (Å²) in [6.07, 6.45) is 3.18. The average molecular weight is 294 g/mol. The molecule has 1 aromatic heterocycles. The van der Waals surface area contributed by atoms with Gasteiger partial charge in [0.15, 0.2) is 0 Å². The summed E-state index contributed by atoms with van der Waals surface area (Å²) in [5.41, 5.74) is 4.76. The molecule has 1 aliphatic carbocycles. The van der Waals surface area contributed by atoms with E-state index in [1.54, 1.807) is 4.57 Å². The fourth-order valence-corrected chi connectivity index (χ4v) is 3.18. The molecular formula is C19H22N2O. The van der Waals surface area contributed by atoms with E-state index in [0.717, 1.165) is 24.9 Å². The van der Waals surface area contributed by atoms with Crippen molar-refractivity contribution in [2.75, 3.05) is 5.32 Å². The molecule has 0 fully saturated rings. The van der Waals surface area contributed by atoms with E-state index in [9.17, 15) is 4.79 Å². The zero-order valence-corrected chi connectivity index (χ0v) is 13.2. The van der Waals surface area contributed by atoms with E-state index in [1.165, 1.54) is 11.3 Å². The van der Waals surface area contributed by atoms with Gasteiger partial charge in [-0.2, -0.15) is 0 Å². The Bertz CT molecular complexity index is 759. The Balaban J connectivity index is 1.97. The minimum Gasteiger partial charge on any atom is -0.355 e. The number of rotatable bonds is 3. The first-order chi connectivity index (χ1) is 10.6. The van der Waals surface area contributed by atoms with Gasteiger partial charge in [0.25, 0.3) is 5.56 Å². The van der Waals surface area contributed by atoms with Crippen LogP contribution in [0.25, 0.3) is 5.70 Å². The minimum absolute atomic E-state index is 0.0294. The van der Waals surface area contributed by atoms with Crippen LogP contribution in [0, 0.1) is 5.92 Å². The zero-order valence-electron chi connectivity index (χ0n) is 13.2. The predicted octanol–water partition coefficient (Wildman–Crippen LogP) is 3.59. The SMILES string of the molecule is C=C(Nc1ccccc1)c1cc2c(n(C)c1=O)CCC(C)C2. The molecule has 1 aromatic carbocycles. The summed E-state index contributed by atoms with van der Waals surface area (Å²) >= 11 is 0. The largest absolute Gasteiger partial charge is 0.355 e. The van der Waals surface area contributed by atoms with Crippen LogP contribution in [0.5, 0.6) is 0 Å². The molecule has 114 valence electrons. The summed E-state index contributed by atoms with van der Waals surface area (Å²) in [6, 6.07) is 11.9. The van der Waals surface area contributed by atoms with Crippen LogP contribution in [-0.2, 0) is 19.9 Å². The standard InChI is InChI=1S/C19H22N2O/c1-13-9-10-18-15(11-13)12-17(19(22)21(18)3)14(2)20-16-7-5-4-6-8-16/h4-8,12-13,20H,2,9-11H2,1,3H3. The van der Waals surface area contributed by atoms with Crippen LogP contribution in [0.15, 0.2) is 47.8 Å². The van der Waals surface area contributed by atoms with Crippen molar-refractivity contribution >= 4 is 11.4 Å². The lowest BCUT2D eigenvalue weighted by Crippen LogP contribution is -2.29. The molecule has 0 spiro atoms. The van der Waals surface area contributed by atoms with Crippen LogP contribution in [0.4, 0.5) is 5.69 Å². The Morgan fingerprint density at radius 3 is 2.77 bits per heavy atom. The molecule has 1 atom stereocenters. The van der Waals surface area contributed by atoms with Crippen LogP contribution in [0.1, 0.15) is 30.2 Å². The number of para-hydroxylation sites is 1. The monoisotopic (exact) mass is 294 g/mol. The van der Waals surface area contributed by atoms with Crippen LogP contribution in [0.3, 0.4) is 0 Å². The maximum Gasteiger partial charge on any atom is 0.259 e. The first-order valence-corrected chi connectivity index (χ1v) is 7.79. The molecule has 1 aliphatic rings. The molecule has 1 unspecified atom stereocenters. The maximum atomic E-state index is 12.6. The maximum absolute atomic E-state index is 12.6. The van der Waals surface area contributed by atoms with E-state index in [-0.39, 0.29) is 5.56 Å². The summed E-state index contributed by atoms with van der Waals surface area (Å²) in [5, 5.41) is 3.24. The first-order valence-electron chi connectivity index (χ1n) is 7.79. The molecular weight excluding hydrogens is 272 g/mol. The summed E-state index contributed by atoms with van der Waals surface area (Å²) in [7, 11) is 1.87. The van der Waals surface area contributed by atoms with Gasteiger partial charge < -0.3 is 9.88 Å². The highest BCUT2D eigenvalue weighted by atomic mass is 16.1. The Morgan fingerprint density at radius 1 is 1.32 bits per heavy atom. The Kier molecular flexibility index (Phi) is 3.88. The van der Waals surface area contributed by atoms with Crippen molar-refractivity contribution in [1.82, 2.24) is 4.57 Å². The molecule has 0 amide bonds. The highest BCUT2D eigenvalue weighted by Gasteiger charge is 2.20. The molecule has 3 nitrogen and oxygen atoms in total. The van der Waals surface area contributed by atoms with E-state index in [0.29, 0.717) is 17.2 Å². The average Bonchev–Trinajstić information content (AvgIpc) is 2.51. The summed E-state index contributed by atoms with van der Waals surface area (Å²) in [5.74, 6) is 0.674. The molecule has 0 saturated carbocycles. The molecule has 0 saturated heterocycles. The number of anilines is 1. The molecule has 1 N–H and O–H groups in total. The highest BCUT2D eigenvalue weighted by molar-refractivity contribution is 5.75. The lowest BCUT2D eigenvalue weighted by Gasteiger charge is -2.25. The fraction of sp³-hybridized carbons (Fsp3) is 0.316. The van der Waals surface area contributed by atoms with Gasteiger partial charge in [0, 0.05) is 24.1 Å². The van der Waals surface area contributed by atoms with E-state index >= 15 is 0 Å². The lowest BCUT2D eigenvalue weighted by atomic mass is 9.87. The van der Waals surface area contributed by atoms with Crippen molar-refractivity contribution < 1.29 is 0 Å². The Hall–Kier alpha value is -2.29. The van der Waals surface area contributed by atoms with Crippen LogP contribution in [-0.4, -0.2) is 4.57 Å². The van der Waals surface area contributed by atoms with Crippen molar-refractivity contribution in [3.8, 4) is 0 Å². The zero-order chi connectivity index (χ0) is 15.7. The van der Waals surface area contributed by atoms with E-state index in [4.69, 9.17) is 0 Å². The van der Waals surface area contributed by atoms with Crippen LogP contribution >= 0.6 is 0 Å². The molecule has 0 bridgehead atoms. The van der Waals surface area contributed by atoms with Gasteiger partial charge >= 0.3 is 0 Å². The number of fused-ring (bicyclic) bond motifs is 1. The number of nitrogens with zero attached hydrogens (tertiary/aromatic N) is 1. The van der Waals surface area contributed by atoms with E-state index < -0.39 is 0 Å². The van der Waals surface area contributed by atoms with Gasteiger partial charge in [0.2, 0.25) is 0 Å². The first kappa shape index (κ1) is 14.6. The summed E-state index contributed by atoms with van der Waals surface area (Å²) in [6.45, 7) is 6.33. The fourth-order valence-electron chi connectivity index (χ4n) is 3.18. The molecule has 2 aromatic rings. The lowest BCUT2D eigenvalue weighted by molar-refractivity contribution is 0.480. The van der Waals surface area contributed by atoms with Crippen molar-refractivity contribution in [2.45, 2.75) is 26.2 Å². The van der Waals surface area contributed by atoms with Crippen LogP contribution < -0.4 is 10.9 Å². The number of aromatic nitrogens is 1. The third-order valence-corrected chi connectivity index (χ3v) is 4.47. The quantitative estimate of drug-likeness (QED) is 0.938. The van der Waals surface area contributed by atoms with Gasteiger partial charge in [0.1, 0.15) is 0 Å². The minimum atomic E-state index is 0.0294. The van der Waals surface area contributed by atoms with Crippen molar-refractivity contribution in [2.24, 2.45) is 13.0 Å². The van der Waals surface area contributed by atoms with Gasteiger partial charge in [-0.15, -0.1) is 0 Å². The van der Waals surface area contributed by atoms with E-state index in [1.807, 2.05) is 43.4 Å². The molecule has 3 heteroatoms.